The normalized spacial score (nSPS) is 13.1. The number of esters is 1. The van der Waals surface area contributed by atoms with Gasteiger partial charge in [-0.2, -0.15) is 21.6 Å². The van der Waals surface area contributed by atoms with E-state index in [2.05, 4.69) is 4.18 Å². The van der Waals surface area contributed by atoms with Crippen LogP contribution in [0, 0.1) is 5.41 Å². The van der Waals surface area contributed by atoms with Crippen molar-refractivity contribution >= 4 is 27.2 Å². The van der Waals surface area contributed by atoms with Crippen molar-refractivity contribution in [3.63, 3.8) is 0 Å². The molecule has 0 radical (unpaired) electrons. The van der Waals surface area contributed by atoms with Crippen LogP contribution in [-0.2, 0) is 14.9 Å². The Labute approximate surface area is 214 Å². The zero-order valence-corrected chi connectivity index (χ0v) is 21.6. The number of allylic oxidation sites excluding steroid dienone is 1. The molecular weight excluding hydrogens is 505 g/mol. The number of rotatable bonds is 7. The molecular formula is C28H27F3O5S. The summed E-state index contributed by atoms with van der Waals surface area (Å²) < 4.78 is 70.6. The maximum Gasteiger partial charge on any atom is 0.534 e. The highest BCUT2D eigenvalue weighted by molar-refractivity contribution is 7.88. The second kappa shape index (κ2) is 10.8. The smallest absolute Gasteiger partial charge is 0.426 e. The Morgan fingerprint density at radius 1 is 0.757 bits per heavy atom. The number of hydrogen-bond donors (Lipinski definition) is 0. The van der Waals surface area contributed by atoms with Crippen molar-refractivity contribution in [2.24, 2.45) is 5.41 Å². The minimum atomic E-state index is -5.78. The molecule has 0 amide bonds. The molecule has 0 aromatic heterocycles. The Morgan fingerprint density at radius 2 is 1.24 bits per heavy atom. The number of benzene rings is 3. The third-order valence-corrected chi connectivity index (χ3v) is 6.35. The molecule has 0 aliphatic carbocycles. The first-order chi connectivity index (χ1) is 17.2. The van der Waals surface area contributed by atoms with Gasteiger partial charge in [-0.1, -0.05) is 61.5 Å². The van der Waals surface area contributed by atoms with Crippen LogP contribution in [-0.4, -0.2) is 19.9 Å². The van der Waals surface area contributed by atoms with Crippen molar-refractivity contribution in [1.82, 2.24) is 0 Å². The molecule has 3 rings (SSSR count). The molecule has 0 unspecified atom stereocenters. The summed E-state index contributed by atoms with van der Waals surface area (Å²) in [5.74, 6) is -0.455. The fourth-order valence-electron chi connectivity index (χ4n) is 3.48. The third kappa shape index (κ3) is 6.80. The molecule has 5 nitrogen and oxygen atoms in total. The Kier molecular flexibility index (Phi) is 8.17. The highest BCUT2D eigenvalue weighted by Gasteiger charge is 2.48. The Balaban J connectivity index is 2.06. The van der Waals surface area contributed by atoms with Gasteiger partial charge in [-0.15, -0.1) is 0 Å². The van der Waals surface area contributed by atoms with E-state index in [0.29, 0.717) is 17.7 Å². The van der Waals surface area contributed by atoms with Crippen LogP contribution in [0.1, 0.15) is 50.8 Å². The molecule has 0 saturated carbocycles. The summed E-state index contributed by atoms with van der Waals surface area (Å²) in [7, 11) is -5.78. The predicted octanol–water partition coefficient (Wildman–Crippen LogP) is 7.24. The number of halogens is 3. The molecule has 196 valence electrons. The van der Waals surface area contributed by atoms with Crippen molar-refractivity contribution in [3.8, 4) is 11.5 Å². The fraction of sp³-hybridized carbons (Fsp3) is 0.250. The van der Waals surface area contributed by atoms with Gasteiger partial charge in [-0.05, 0) is 79.3 Å². The van der Waals surface area contributed by atoms with Gasteiger partial charge in [0.05, 0.1) is 5.41 Å². The van der Waals surface area contributed by atoms with E-state index in [1.54, 1.807) is 45.0 Å². The zero-order valence-electron chi connectivity index (χ0n) is 20.8. The highest BCUT2D eigenvalue weighted by atomic mass is 32.2. The monoisotopic (exact) mass is 532 g/mol. The number of alkyl halides is 3. The average molecular weight is 533 g/mol. The SMILES string of the molecule is CCC(=C(c1ccc(OC(=O)C(C)(C)C)cc1)c1ccc(OS(=O)(=O)C(F)(F)F)cc1)c1ccccc1. The molecule has 0 bridgehead atoms. The highest BCUT2D eigenvalue weighted by Crippen LogP contribution is 2.36. The second-order valence-corrected chi connectivity index (χ2v) is 10.8. The van der Waals surface area contributed by atoms with Crippen molar-refractivity contribution in [2.75, 3.05) is 0 Å². The lowest BCUT2D eigenvalue weighted by molar-refractivity contribution is -0.143. The first-order valence-electron chi connectivity index (χ1n) is 11.5. The molecule has 0 spiro atoms. The fourth-order valence-corrected chi connectivity index (χ4v) is 3.94. The van der Waals surface area contributed by atoms with Gasteiger partial charge < -0.3 is 8.92 Å². The Hall–Kier alpha value is -3.59. The minimum Gasteiger partial charge on any atom is -0.426 e. The Morgan fingerprint density at radius 3 is 1.68 bits per heavy atom. The van der Waals surface area contributed by atoms with Crippen LogP contribution >= 0.6 is 0 Å². The first kappa shape index (κ1) is 28.0. The van der Waals surface area contributed by atoms with Crippen LogP contribution in [0.3, 0.4) is 0 Å². The molecule has 0 heterocycles. The quantitative estimate of drug-likeness (QED) is 0.106. The van der Waals surface area contributed by atoms with Crippen LogP contribution in [0.25, 0.3) is 11.1 Å². The molecule has 0 N–H and O–H groups in total. The summed E-state index contributed by atoms with van der Waals surface area (Å²) in [6.45, 7) is 7.25. The van der Waals surface area contributed by atoms with Gasteiger partial charge in [-0.3, -0.25) is 4.79 Å². The van der Waals surface area contributed by atoms with E-state index in [1.807, 2.05) is 37.3 Å². The molecule has 3 aromatic carbocycles. The number of carbonyl (C=O) groups is 1. The third-order valence-electron chi connectivity index (χ3n) is 5.38. The van der Waals surface area contributed by atoms with E-state index in [4.69, 9.17) is 4.74 Å². The second-order valence-electron chi connectivity index (χ2n) is 9.24. The largest absolute Gasteiger partial charge is 0.534 e. The summed E-state index contributed by atoms with van der Waals surface area (Å²) >= 11 is 0. The van der Waals surface area contributed by atoms with Crippen LogP contribution in [0.2, 0.25) is 0 Å². The maximum absolute atomic E-state index is 12.7. The molecule has 0 atom stereocenters. The van der Waals surface area contributed by atoms with Crippen LogP contribution in [0.5, 0.6) is 11.5 Å². The van der Waals surface area contributed by atoms with E-state index < -0.39 is 26.8 Å². The maximum atomic E-state index is 12.7. The van der Waals surface area contributed by atoms with Gasteiger partial charge in [0.2, 0.25) is 0 Å². The summed E-state index contributed by atoms with van der Waals surface area (Å²) in [6.07, 6.45) is 0.626. The van der Waals surface area contributed by atoms with Crippen molar-refractivity contribution in [3.05, 3.63) is 95.6 Å². The summed E-state index contributed by atoms with van der Waals surface area (Å²) in [5, 5.41) is 0. The van der Waals surface area contributed by atoms with Gasteiger partial charge in [0, 0.05) is 0 Å². The molecule has 0 aliphatic heterocycles. The molecule has 0 fully saturated rings. The van der Waals surface area contributed by atoms with Crippen molar-refractivity contribution in [1.29, 1.82) is 0 Å². The molecule has 0 aliphatic rings. The lowest BCUT2D eigenvalue weighted by Gasteiger charge is -2.18. The van der Waals surface area contributed by atoms with Crippen LogP contribution in [0.15, 0.2) is 78.9 Å². The Bertz CT molecular complexity index is 1370. The molecule has 3 aromatic rings. The zero-order chi connectivity index (χ0) is 27.4. The van der Waals surface area contributed by atoms with Crippen LogP contribution in [0.4, 0.5) is 13.2 Å². The van der Waals surface area contributed by atoms with E-state index in [-0.39, 0.29) is 5.97 Å². The lowest BCUT2D eigenvalue weighted by atomic mass is 9.88. The predicted molar refractivity (Wildman–Crippen MR) is 136 cm³/mol. The van der Waals surface area contributed by atoms with Gasteiger partial charge in [-0.25, -0.2) is 0 Å². The van der Waals surface area contributed by atoms with Gasteiger partial charge in [0.25, 0.3) is 0 Å². The van der Waals surface area contributed by atoms with E-state index in [9.17, 15) is 26.4 Å². The minimum absolute atomic E-state index is 0.376. The first-order valence-corrected chi connectivity index (χ1v) is 12.9. The number of carbonyl (C=O) groups excluding carboxylic acids is 1. The number of ether oxygens (including phenoxy) is 1. The molecule has 9 heteroatoms. The summed E-state index contributed by atoms with van der Waals surface area (Å²) in [6, 6.07) is 21.9. The van der Waals surface area contributed by atoms with Gasteiger partial charge >= 0.3 is 21.6 Å². The number of hydrogen-bond acceptors (Lipinski definition) is 5. The standard InChI is InChI=1S/C28H27F3O5S/c1-5-24(19-9-7-6-8-10-19)25(20-11-15-22(16-12-20)35-26(32)27(2,3)4)21-13-17-23(18-14-21)36-37(33,34)28(29,30)31/h6-18H,5H2,1-4H3. The van der Waals surface area contributed by atoms with Gasteiger partial charge in [0.15, 0.2) is 0 Å². The van der Waals surface area contributed by atoms with E-state index in [1.165, 1.54) is 24.3 Å². The van der Waals surface area contributed by atoms with Crippen LogP contribution < -0.4 is 8.92 Å². The lowest BCUT2D eigenvalue weighted by Crippen LogP contribution is -2.28. The van der Waals surface area contributed by atoms with Crippen molar-refractivity contribution in [2.45, 2.75) is 39.6 Å². The van der Waals surface area contributed by atoms with E-state index in [0.717, 1.165) is 22.3 Å². The molecule has 0 saturated heterocycles. The average Bonchev–Trinajstić information content (AvgIpc) is 2.83. The van der Waals surface area contributed by atoms with E-state index >= 15 is 0 Å². The summed E-state index contributed by atoms with van der Waals surface area (Å²) in [5.41, 5.74) is -2.11. The van der Waals surface area contributed by atoms with Gasteiger partial charge in [0.1, 0.15) is 11.5 Å². The summed E-state index contributed by atoms with van der Waals surface area (Å²) in [4.78, 5) is 12.3. The topological polar surface area (TPSA) is 69.7 Å². The van der Waals surface area contributed by atoms with Crippen molar-refractivity contribution < 1.29 is 35.3 Å². The molecule has 37 heavy (non-hydrogen) atoms.